The Hall–Kier alpha value is -2.30. The number of hydrogen-bond acceptors (Lipinski definition) is 3. The van der Waals surface area contributed by atoms with Gasteiger partial charge in [0.1, 0.15) is 11.6 Å². The van der Waals surface area contributed by atoms with Gasteiger partial charge in [-0.25, -0.2) is 4.98 Å². The summed E-state index contributed by atoms with van der Waals surface area (Å²) < 4.78 is 5.14. The lowest BCUT2D eigenvalue weighted by molar-refractivity contribution is -0.131. The molecule has 1 N–H and O–H groups in total. The summed E-state index contributed by atoms with van der Waals surface area (Å²) in [6, 6.07) is 7.75. The van der Waals surface area contributed by atoms with E-state index in [1.807, 2.05) is 42.3 Å². The molecule has 5 heteroatoms. The summed E-state index contributed by atoms with van der Waals surface area (Å²) in [4.78, 5) is 22.2. The van der Waals surface area contributed by atoms with E-state index in [-0.39, 0.29) is 11.9 Å². The average Bonchev–Trinajstić information content (AvgIpc) is 3.16. The summed E-state index contributed by atoms with van der Waals surface area (Å²) in [6.07, 6.45) is 4.24. The molecule has 1 aliphatic rings. The van der Waals surface area contributed by atoms with Crippen molar-refractivity contribution in [3.05, 3.63) is 47.5 Å². The summed E-state index contributed by atoms with van der Waals surface area (Å²) in [7, 11) is 1.64. The van der Waals surface area contributed by atoms with Gasteiger partial charge in [0.15, 0.2) is 0 Å². The summed E-state index contributed by atoms with van der Waals surface area (Å²) in [5, 5.41) is 0. The van der Waals surface area contributed by atoms with Crippen molar-refractivity contribution in [3.8, 4) is 5.75 Å². The number of aryl methyl sites for hydroxylation is 1. The Morgan fingerprint density at radius 1 is 1.41 bits per heavy atom. The van der Waals surface area contributed by atoms with Crippen LogP contribution in [0.1, 0.15) is 36.0 Å². The van der Waals surface area contributed by atoms with E-state index in [9.17, 15) is 4.79 Å². The van der Waals surface area contributed by atoms with Gasteiger partial charge in [-0.05, 0) is 37.5 Å². The fraction of sp³-hybridized carbons (Fsp3) is 0.412. The molecule has 0 aliphatic carbocycles. The van der Waals surface area contributed by atoms with Gasteiger partial charge in [-0.2, -0.15) is 0 Å². The maximum Gasteiger partial charge on any atom is 0.227 e. The van der Waals surface area contributed by atoms with E-state index in [1.165, 1.54) is 0 Å². The molecule has 2 heterocycles. The predicted molar refractivity (Wildman–Crippen MR) is 83.7 cm³/mol. The number of ether oxygens (including phenoxy) is 1. The van der Waals surface area contributed by atoms with Crippen molar-refractivity contribution in [3.63, 3.8) is 0 Å². The largest absolute Gasteiger partial charge is 0.497 e. The molecule has 2 aromatic rings. The molecular formula is C17H21N3O2. The van der Waals surface area contributed by atoms with Crippen LogP contribution in [0.3, 0.4) is 0 Å². The van der Waals surface area contributed by atoms with E-state index >= 15 is 0 Å². The van der Waals surface area contributed by atoms with Crippen LogP contribution in [-0.2, 0) is 11.2 Å². The number of aromatic amines is 1. The van der Waals surface area contributed by atoms with Crippen LogP contribution in [0.15, 0.2) is 30.5 Å². The molecule has 0 radical (unpaired) electrons. The molecular weight excluding hydrogens is 278 g/mol. The molecule has 116 valence electrons. The Morgan fingerprint density at radius 3 is 2.82 bits per heavy atom. The van der Waals surface area contributed by atoms with Crippen molar-refractivity contribution in [1.82, 2.24) is 14.9 Å². The zero-order valence-electron chi connectivity index (χ0n) is 13.0. The third-order valence-corrected chi connectivity index (χ3v) is 4.13. The molecule has 0 unspecified atom stereocenters. The lowest BCUT2D eigenvalue weighted by Crippen LogP contribution is -2.32. The van der Waals surface area contributed by atoms with Crippen molar-refractivity contribution in [2.75, 3.05) is 13.7 Å². The van der Waals surface area contributed by atoms with Gasteiger partial charge < -0.3 is 14.6 Å². The van der Waals surface area contributed by atoms with Crippen LogP contribution in [0.4, 0.5) is 0 Å². The van der Waals surface area contributed by atoms with Crippen LogP contribution in [0.2, 0.25) is 0 Å². The fourth-order valence-electron chi connectivity index (χ4n) is 2.97. The topological polar surface area (TPSA) is 58.2 Å². The fourth-order valence-corrected chi connectivity index (χ4v) is 2.97. The molecule has 1 aromatic heterocycles. The van der Waals surface area contributed by atoms with E-state index in [2.05, 4.69) is 9.97 Å². The number of carbonyl (C=O) groups excluding carboxylic acids is 1. The molecule has 0 saturated carbocycles. The molecule has 0 bridgehead atoms. The van der Waals surface area contributed by atoms with Crippen LogP contribution in [-0.4, -0.2) is 34.4 Å². The first kappa shape index (κ1) is 14.6. The molecule has 1 fully saturated rings. The number of benzene rings is 1. The number of nitrogens with one attached hydrogen (secondary N) is 1. The average molecular weight is 299 g/mol. The standard InChI is InChI=1S/C17H21N3O2/c1-12-11-18-17(19-12)15-4-3-9-20(15)16(21)10-13-5-7-14(22-2)8-6-13/h5-8,11,15H,3-4,9-10H2,1-2H3,(H,18,19)/t15-/m0/s1. The van der Waals surface area contributed by atoms with Crippen LogP contribution in [0, 0.1) is 6.92 Å². The molecule has 1 aromatic carbocycles. The number of imidazole rings is 1. The Balaban J connectivity index is 1.70. The van der Waals surface area contributed by atoms with E-state index in [0.29, 0.717) is 6.42 Å². The zero-order valence-corrected chi connectivity index (χ0v) is 13.0. The van der Waals surface area contributed by atoms with Crippen molar-refractivity contribution in [2.45, 2.75) is 32.2 Å². The van der Waals surface area contributed by atoms with Crippen LogP contribution < -0.4 is 4.74 Å². The van der Waals surface area contributed by atoms with E-state index in [1.54, 1.807) is 7.11 Å². The molecule has 1 amide bonds. The Morgan fingerprint density at radius 2 is 2.18 bits per heavy atom. The Labute approximate surface area is 130 Å². The van der Waals surface area contributed by atoms with Crippen LogP contribution in [0.25, 0.3) is 0 Å². The van der Waals surface area contributed by atoms with Crippen LogP contribution >= 0.6 is 0 Å². The minimum absolute atomic E-state index is 0.0828. The van der Waals surface area contributed by atoms with E-state index in [0.717, 1.165) is 42.2 Å². The normalized spacial score (nSPS) is 17.7. The molecule has 0 spiro atoms. The number of rotatable bonds is 4. The van der Waals surface area contributed by atoms with E-state index < -0.39 is 0 Å². The second-order valence-electron chi connectivity index (χ2n) is 5.72. The lowest BCUT2D eigenvalue weighted by atomic mass is 10.1. The number of H-pyrrole nitrogens is 1. The third kappa shape index (κ3) is 2.98. The molecule has 22 heavy (non-hydrogen) atoms. The van der Waals surface area contributed by atoms with Crippen molar-refractivity contribution in [1.29, 1.82) is 0 Å². The second-order valence-corrected chi connectivity index (χ2v) is 5.72. The number of carbonyl (C=O) groups is 1. The molecule has 1 saturated heterocycles. The minimum Gasteiger partial charge on any atom is -0.497 e. The predicted octanol–water partition coefficient (Wildman–Crippen LogP) is 2.63. The Bertz CT molecular complexity index is 648. The third-order valence-electron chi connectivity index (χ3n) is 4.13. The maximum atomic E-state index is 12.6. The van der Waals surface area contributed by atoms with Gasteiger partial charge in [-0.3, -0.25) is 4.79 Å². The number of aromatic nitrogens is 2. The number of likely N-dealkylation sites (tertiary alicyclic amines) is 1. The van der Waals surface area contributed by atoms with Gasteiger partial charge in [0.25, 0.3) is 0 Å². The zero-order chi connectivity index (χ0) is 15.5. The number of hydrogen-bond donors (Lipinski definition) is 1. The number of amides is 1. The molecule has 1 atom stereocenters. The van der Waals surface area contributed by atoms with Crippen molar-refractivity contribution < 1.29 is 9.53 Å². The minimum atomic E-state index is 0.0828. The molecule has 5 nitrogen and oxygen atoms in total. The molecule has 3 rings (SSSR count). The lowest BCUT2D eigenvalue weighted by Gasteiger charge is -2.23. The summed E-state index contributed by atoms with van der Waals surface area (Å²) in [5.74, 6) is 1.86. The van der Waals surface area contributed by atoms with Crippen molar-refractivity contribution >= 4 is 5.91 Å². The number of nitrogens with zero attached hydrogens (tertiary/aromatic N) is 2. The van der Waals surface area contributed by atoms with Gasteiger partial charge in [0, 0.05) is 18.4 Å². The van der Waals surface area contributed by atoms with Crippen LogP contribution in [0.5, 0.6) is 5.75 Å². The first-order valence-electron chi connectivity index (χ1n) is 7.61. The van der Waals surface area contributed by atoms with Crippen molar-refractivity contribution in [2.24, 2.45) is 0 Å². The maximum absolute atomic E-state index is 12.6. The summed E-state index contributed by atoms with van der Waals surface area (Å²) >= 11 is 0. The summed E-state index contributed by atoms with van der Waals surface area (Å²) in [6.45, 7) is 2.79. The van der Waals surface area contributed by atoms with Gasteiger partial charge in [-0.1, -0.05) is 12.1 Å². The first-order chi connectivity index (χ1) is 10.7. The molecule has 1 aliphatic heterocycles. The quantitative estimate of drug-likeness (QED) is 0.944. The highest BCUT2D eigenvalue weighted by atomic mass is 16.5. The van der Waals surface area contributed by atoms with Gasteiger partial charge in [-0.15, -0.1) is 0 Å². The second kappa shape index (κ2) is 6.22. The highest BCUT2D eigenvalue weighted by molar-refractivity contribution is 5.79. The smallest absolute Gasteiger partial charge is 0.227 e. The van der Waals surface area contributed by atoms with Gasteiger partial charge >= 0.3 is 0 Å². The first-order valence-corrected chi connectivity index (χ1v) is 7.61. The SMILES string of the molecule is COc1ccc(CC(=O)N2CCC[C@H]2c2ncc(C)[nH]2)cc1. The summed E-state index contributed by atoms with van der Waals surface area (Å²) in [5.41, 5.74) is 2.04. The Kier molecular flexibility index (Phi) is 4.13. The number of methoxy groups -OCH3 is 1. The highest BCUT2D eigenvalue weighted by Crippen LogP contribution is 2.30. The van der Waals surface area contributed by atoms with E-state index in [4.69, 9.17) is 4.74 Å². The van der Waals surface area contributed by atoms with Gasteiger partial charge in [0.2, 0.25) is 5.91 Å². The monoisotopic (exact) mass is 299 g/mol. The van der Waals surface area contributed by atoms with Gasteiger partial charge in [0.05, 0.1) is 19.6 Å². The highest BCUT2D eigenvalue weighted by Gasteiger charge is 2.31.